The van der Waals surface area contributed by atoms with Crippen LogP contribution < -0.4 is 10.6 Å². The van der Waals surface area contributed by atoms with Gasteiger partial charge in [-0.3, -0.25) is 4.79 Å². The molecular weight excluding hydrogens is 327 g/mol. The van der Waals surface area contributed by atoms with E-state index in [9.17, 15) is 4.79 Å². The average Bonchev–Trinajstić information content (AvgIpc) is 2.38. The monoisotopic (exact) mass is 344 g/mol. The Hall–Kier alpha value is -0.620. The van der Waals surface area contributed by atoms with Crippen molar-refractivity contribution in [2.45, 2.75) is 25.3 Å². The number of carbonyl (C=O) groups excluding carboxylic acids is 1. The Morgan fingerprint density at radius 2 is 2.24 bits per heavy atom. The van der Waals surface area contributed by atoms with E-state index in [1.807, 2.05) is 24.3 Å². The number of benzene rings is 1. The van der Waals surface area contributed by atoms with Crippen LogP contribution in [0.2, 0.25) is 0 Å². The van der Waals surface area contributed by atoms with Crippen LogP contribution in [0.15, 0.2) is 24.3 Å². The van der Waals surface area contributed by atoms with Gasteiger partial charge in [0, 0.05) is 16.2 Å². The zero-order chi connectivity index (χ0) is 12.1. The largest absolute Gasteiger partial charge is 0.350 e. The first-order chi connectivity index (χ1) is 8.27. The maximum Gasteiger partial charge on any atom is 0.252 e. The highest BCUT2D eigenvalue weighted by atomic mass is 127. The number of hydrogen-bond donors (Lipinski definition) is 2. The van der Waals surface area contributed by atoms with Crippen molar-refractivity contribution in [2.24, 2.45) is 0 Å². The van der Waals surface area contributed by atoms with Crippen molar-refractivity contribution >= 4 is 28.5 Å². The van der Waals surface area contributed by atoms with Crippen molar-refractivity contribution in [2.75, 3.05) is 13.1 Å². The minimum absolute atomic E-state index is 0.0300. The normalized spacial score (nSPS) is 19.9. The molecule has 1 aliphatic rings. The van der Waals surface area contributed by atoms with Gasteiger partial charge in [0.1, 0.15) is 0 Å². The molecule has 0 radical (unpaired) electrons. The first-order valence-electron chi connectivity index (χ1n) is 6.03. The Balaban J connectivity index is 1.87. The third-order valence-corrected chi connectivity index (χ3v) is 3.98. The van der Waals surface area contributed by atoms with E-state index in [0.717, 1.165) is 28.6 Å². The highest BCUT2D eigenvalue weighted by molar-refractivity contribution is 14.1. The van der Waals surface area contributed by atoms with Crippen LogP contribution in [-0.2, 0) is 0 Å². The standard InChI is InChI=1S/C13H17IN2O/c14-12-7-2-1-6-11(12)13(17)16-9-10-5-3-4-8-15-10/h1-2,6-7,10,15H,3-5,8-9H2,(H,16,17). The van der Waals surface area contributed by atoms with Gasteiger partial charge in [0.25, 0.3) is 5.91 Å². The summed E-state index contributed by atoms with van der Waals surface area (Å²) in [5, 5.41) is 6.43. The second kappa shape index (κ2) is 6.35. The molecule has 1 unspecified atom stereocenters. The van der Waals surface area contributed by atoms with Gasteiger partial charge in [-0.15, -0.1) is 0 Å². The molecule has 1 aromatic carbocycles. The van der Waals surface area contributed by atoms with E-state index in [4.69, 9.17) is 0 Å². The van der Waals surface area contributed by atoms with Gasteiger partial charge in [0.2, 0.25) is 0 Å². The fraction of sp³-hybridized carbons (Fsp3) is 0.462. The summed E-state index contributed by atoms with van der Waals surface area (Å²) in [6.45, 7) is 1.80. The van der Waals surface area contributed by atoms with E-state index in [2.05, 4.69) is 33.2 Å². The number of hydrogen-bond acceptors (Lipinski definition) is 2. The molecule has 1 aliphatic heterocycles. The summed E-state index contributed by atoms with van der Waals surface area (Å²) >= 11 is 2.19. The van der Waals surface area contributed by atoms with Gasteiger partial charge in [-0.05, 0) is 54.1 Å². The van der Waals surface area contributed by atoms with Gasteiger partial charge < -0.3 is 10.6 Å². The quantitative estimate of drug-likeness (QED) is 0.826. The summed E-state index contributed by atoms with van der Waals surface area (Å²) in [5.41, 5.74) is 0.768. The second-order valence-corrected chi connectivity index (χ2v) is 5.50. The smallest absolute Gasteiger partial charge is 0.252 e. The van der Waals surface area contributed by atoms with Gasteiger partial charge in [-0.1, -0.05) is 18.6 Å². The van der Waals surface area contributed by atoms with Crippen LogP contribution >= 0.6 is 22.6 Å². The predicted molar refractivity (Wildman–Crippen MR) is 77.1 cm³/mol. The number of amides is 1. The average molecular weight is 344 g/mol. The number of nitrogens with one attached hydrogen (secondary N) is 2. The predicted octanol–water partition coefficient (Wildman–Crippen LogP) is 2.16. The molecule has 0 aliphatic carbocycles. The summed E-state index contributed by atoms with van der Waals surface area (Å²) in [4.78, 5) is 12.0. The van der Waals surface area contributed by atoms with Gasteiger partial charge in [-0.25, -0.2) is 0 Å². The zero-order valence-corrected chi connectivity index (χ0v) is 11.9. The number of piperidine rings is 1. The molecule has 17 heavy (non-hydrogen) atoms. The first kappa shape index (κ1) is 12.8. The molecule has 92 valence electrons. The lowest BCUT2D eigenvalue weighted by Gasteiger charge is -2.23. The van der Waals surface area contributed by atoms with Crippen LogP contribution in [0, 0.1) is 3.57 Å². The summed E-state index contributed by atoms with van der Waals surface area (Å²) in [7, 11) is 0. The Morgan fingerprint density at radius 3 is 2.94 bits per heavy atom. The molecule has 1 aromatic rings. The molecule has 0 spiro atoms. The molecule has 0 aromatic heterocycles. The third-order valence-electron chi connectivity index (χ3n) is 3.04. The molecule has 0 bridgehead atoms. The van der Waals surface area contributed by atoms with Gasteiger partial charge in [0.15, 0.2) is 0 Å². The van der Waals surface area contributed by atoms with Crippen LogP contribution in [0.5, 0.6) is 0 Å². The third kappa shape index (κ3) is 3.67. The van der Waals surface area contributed by atoms with Crippen molar-refractivity contribution in [3.8, 4) is 0 Å². The molecule has 4 heteroatoms. The molecular formula is C13H17IN2O. The maximum atomic E-state index is 12.0. The maximum absolute atomic E-state index is 12.0. The van der Waals surface area contributed by atoms with Gasteiger partial charge in [-0.2, -0.15) is 0 Å². The highest BCUT2D eigenvalue weighted by Crippen LogP contribution is 2.11. The van der Waals surface area contributed by atoms with Crippen LogP contribution in [0.25, 0.3) is 0 Å². The molecule has 1 saturated heterocycles. The molecule has 1 atom stereocenters. The van der Waals surface area contributed by atoms with Crippen LogP contribution in [0.1, 0.15) is 29.6 Å². The number of halogens is 1. The van der Waals surface area contributed by atoms with Crippen molar-refractivity contribution in [1.82, 2.24) is 10.6 Å². The van der Waals surface area contributed by atoms with Gasteiger partial charge in [0.05, 0.1) is 5.56 Å². The topological polar surface area (TPSA) is 41.1 Å². The Kier molecular flexibility index (Phi) is 4.79. The summed E-state index contributed by atoms with van der Waals surface area (Å²) in [5.74, 6) is 0.0300. The van der Waals surface area contributed by atoms with E-state index >= 15 is 0 Å². The molecule has 0 saturated carbocycles. The number of carbonyl (C=O) groups is 1. The lowest BCUT2D eigenvalue weighted by atomic mass is 10.1. The van der Waals surface area contributed by atoms with E-state index in [1.54, 1.807) is 0 Å². The zero-order valence-electron chi connectivity index (χ0n) is 9.71. The summed E-state index contributed by atoms with van der Waals surface area (Å²) < 4.78 is 0.999. The SMILES string of the molecule is O=C(NCC1CCCCN1)c1ccccc1I. The van der Waals surface area contributed by atoms with Gasteiger partial charge >= 0.3 is 0 Å². The van der Waals surface area contributed by atoms with E-state index in [0.29, 0.717) is 6.04 Å². The molecule has 2 rings (SSSR count). The van der Waals surface area contributed by atoms with E-state index < -0.39 is 0 Å². The van der Waals surface area contributed by atoms with E-state index in [-0.39, 0.29) is 5.91 Å². The molecule has 2 N–H and O–H groups in total. The Labute approximate surface area is 116 Å². The summed E-state index contributed by atoms with van der Waals surface area (Å²) in [6.07, 6.45) is 3.67. The van der Waals surface area contributed by atoms with Crippen molar-refractivity contribution < 1.29 is 4.79 Å². The van der Waals surface area contributed by atoms with Crippen molar-refractivity contribution in [1.29, 1.82) is 0 Å². The lowest BCUT2D eigenvalue weighted by molar-refractivity contribution is 0.0947. The van der Waals surface area contributed by atoms with Crippen LogP contribution in [0.4, 0.5) is 0 Å². The molecule has 1 heterocycles. The molecule has 1 fully saturated rings. The summed E-state index contributed by atoms with van der Waals surface area (Å²) in [6, 6.07) is 8.10. The fourth-order valence-corrected chi connectivity index (χ4v) is 2.69. The molecule has 3 nitrogen and oxygen atoms in total. The van der Waals surface area contributed by atoms with Crippen molar-refractivity contribution in [3.05, 3.63) is 33.4 Å². The van der Waals surface area contributed by atoms with Crippen molar-refractivity contribution in [3.63, 3.8) is 0 Å². The lowest BCUT2D eigenvalue weighted by Crippen LogP contribution is -2.43. The number of rotatable bonds is 3. The Bertz CT molecular complexity index is 389. The Morgan fingerprint density at radius 1 is 1.41 bits per heavy atom. The van der Waals surface area contributed by atoms with Crippen LogP contribution in [-0.4, -0.2) is 25.0 Å². The minimum atomic E-state index is 0.0300. The highest BCUT2D eigenvalue weighted by Gasteiger charge is 2.14. The second-order valence-electron chi connectivity index (χ2n) is 4.34. The van der Waals surface area contributed by atoms with E-state index in [1.165, 1.54) is 12.8 Å². The molecule has 1 amide bonds. The minimum Gasteiger partial charge on any atom is -0.350 e. The van der Waals surface area contributed by atoms with Crippen LogP contribution in [0.3, 0.4) is 0 Å². The first-order valence-corrected chi connectivity index (χ1v) is 7.11. The fourth-order valence-electron chi connectivity index (χ4n) is 2.05.